The molecular weight excluding hydrogens is 673 g/mol. The predicted octanol–water partition coefficient (Wildman–Crippen LogP) is 13.2. The smallest absolute Gasteiger partial charge is 0.306 e. The van der Waals surface area contributed by atoms with E-state index in [9.17, 15) is 14.4 Å². The molecule has 0 aliphatic heterocycles. The largest absolute Gasteiger partial charge is 0.462 e. The lowest BCUT2D eigenvalue weighted by Gasteiger charge is -2.18. The molecule has 0 aromatic heterocycles. The maximum absolute atomic E-state index is 12.7. The lowest BCUT2D eigenvalue weighted by atomic mass is 10.1. The lowest BCUT2D eigenvalue weighted by Crippen LogP contribution is -2.30. The Balaban J connectivity index is 4.61. The van der Waals surface area contributed by atoms with Gasteiger partial charge in [0.05, 0.1) is 0 Å². The summed E-state index contributed by atoms with van der Waals surface area (Å²) in [6, 6.07) is 0. The zero-order valence-corrected chi connectivity index (χ0v) is 34.2. The van der Waals surface area contributed by atoms with Crippen molar-refractivity contribution in [3.05, 3.63) is 109 Å². The molecule has 0 heterocycles. The molecule has 0 amide bonds. The molecule has 6 nitrogen and oxygen atoms in total. The molecule has 0 saturated carbocycles. The topological polar surface area (TPSA) is 78.9 Å². The summed E-state index contributed by atoms with van der Waals surface area (Å²) in [5, 5.41) is 0. The van der Waals surface area contributed by atoms with Crippen molar-refractivity contribution in [2.75, 3.05) is 13.2 Å². The van der Waals surface area contributed by atoms with Crippen LogP contribution >= 0.6 is 0 Å². The first-order valence-electron chi connectivity index (χ1n) is 21.0. The van der Waals surface area contributed by atoms with E-state index in [1.54, 1.807) is 0 Å². The number of esters is 3. The molecule has 0 aliphatic rings. The Morgan fingerprint density at radius 2 is 0.833 bits per heavy atom. The van der Waals surface area contributed by atoms with Crippen LogP contribution in [0.2, 0.25) is 0 Å². The van der Waals surface area contributed by atoms with Crippen molar-refractivity contribution in [1.29, 1.82) is 0 Å². The number of hydrogen-bond acceptors (Lipinski definition) is 6. The van der Waals surface area contributed by atoms with Gasteiger partial charge in [-0.25, -0.2) is 0 Å². The molecular formula is C48H74O6. The van der Waals surface area contributed by atoms with E-state index in [1.807, 2.05) is 54.7 Å². The first-order chi connectivity index (χ1) is 26.5. The SMILES string of the molecule is CC\C=C/C=C\C=C/C=C\C=C/CCCC(=O)OCC(COC(=O)CCCCCCC/C=C\CCCC)OC(=O)CCCC/C=C\C/C=C\C/C=C\CC. The average Bonchev–Trinajstić information content (AvgIpc) is 3.17. The average molecular weight is 747 g/mol. The van der Waals surface area contributed by atoms with Gasteiger partial charge in [0.2, 0.25) is 0 Å². The molecule has 0 bridgehead atoms. The van der Waals surface area contributed by atoms with Gasteiger partial charge in [0.25, 0.3) is 0 Å². The monoisotopic (exact) mass is 747 g/mol. The van der Waals surface area contributed by atoms with Gasteiger partial charge >= 0.3 is 17.9 Å². The Labute approximate surface area is 330 Å². The standard InChI is InChI=1S/C48H74O6/c1-4-7-10-13-16-19-22-24-27-29-32-35-38-41-47(50)53-44-45(43-52-46(49)40-37-34-31-28-25-21-18-15-12-9-6-3)54-48(51)42-39-36-33-30-26-23-20-17-14-11-8-5-2/h7-8,10-11,13,15-20,22,24,26-27,29-30,32,45H,4-6,9,12,14,21,23,25,28,31,33-44H2,1-3H3/b10-7-,11-8-,16-13-,18-15-,20-17-,22-19-,27-24-,30-26-,32-29-. The highest BCUT2D eigenvalue weighted by atomic mass is 16.6. The predicted molar refractivity (Wildman–Crippen MR) is 228 cm³/mol. The third kappa shape index (κ3) is 39.3. The quantitative estimate of drug-likeness (QED) is 0.0211. The Kier molecular flexibility index (Phi) is 38.8. The number of carbonyl (C=O) groups excluding carboxylic acids is 3. The van der Waals surface area contributed by atoms with E-state index < -0.39 is 6.10 Å². The zero-order chi connectivity index (χ0) is 39.4. The first kappa shape index (κ1) is 50.1. The van der Waals surface area contributed by atoms with E-state index in [2.05, 4.69) is 75.5 Å². The van der Waals surface area contributed by atoms with E-state index in [4.69, 9.17) is 14.2 Å². The summed E-state index contributed by atoms with van der Waals surface area (Å²) in [6.45, 7) is 6.18. The van der Waals surface area contributed by atoms with Gasteiger partial charge in [0.1, 0.15) is 13.2 Å². The molecule has 302 valence electrons. The maximum atomic E-state index is 12.7. The molecule has 0 aromatic rings. The van der Waals surface area contributed by atoms with Gasteiger partial charge in [0.15, 0.2) is 6.10 Å². The fourth-order valence-corrected chi connectivity index (χ4v) is 4.99. The zero-order valence-electron chi connectivity index (χ0n) is 34.2. The van der Waals surface area contributed by atoms with E-state index >= 15 is 0 Å². The summed E-state index contributed by atoms with van der Waals surface area (Å²) in [4.78, 5) is 37.6. The first-order valence-corrected chi connectivity index (χ1v) is 21.0. The number of unbranched alkanes of at least 4 members (excludes halogenated alkanes) is 10. The highest BCUT2D eigenvalue weighted by molar-refractivity contribution is 5.71. The third-order valence-corrected chi connectivity index (χ3v) is 8.12. The Hall–Kier alpha value is -3.93. The number of ether oxygens (including phenoxy) is 3. The molecule has 0 rings (SSSR count). The Bertz CT molecular complexity index is 1180. The van der Waals surface area contributed by atoms with Gasteiger partial charge in [-0.15, -0.1) is 0 Å². The van der Waals surface area contributed by atoms with Crippen LogP contribution < -0.4 is 0 Å². The normalized spacial score (nSPS) is 13.2. The number of allylic oxidation sites excluding steroid dienone is 18. The molecule has 0 saturated heterocycles. The number of hydrogen-bond donors (Lipinski definition) is 0. The van der Waals surface area contributed by atoms with Gasteiger partial charge in [-0.3, -0.25) is 14.4 Å². The lowest BCUT2D eigenvalue weighted by molar-refractivity contribution is -0.167. The van der Waals surface area contributed by atoms with Crippen LogP contribution in [-0.4, -0.2) is 37.2 Å². The third-order valence-electron chi connectivity index (χ3n) is 8.12. The number of carbonyl (C=O) groups is 3. The van der Waals surface area contributed by atoms with E-state index in [0.29, 0.717) is 19.3 Å². The van der Waals surface area contributed by atoms with Crippen LogP contribution in [-0.2, 0) is 28.6 Å². The molecule has 0 fully saturated rings. The van der Waals surface area contributed by atoms with Crippen molar-refractivity contribution in [2.24, 2.45) is 0 Å². The minimum Gasteiger partial charge on any atom is -0.462 e. The molecule has 1 unspecified atom stereocenters. The molecule has 6 heteroatoms. The summed E-state index contributed by atoms with van der Waals surface area (Å²) in [5.74, 6) is -1.07. The molecule has 1 atom stereocenters. The van der Waals surface area contributed by atoms with Crippen molar-refractivity contribution in [3.63, 3.8) is 0 Å². The van der Waals surface area contributed by atoms with Crippen LogP contribution in [0.1, 0.15) is 156 Å². The highest BCUT2D eigenvalue weighted by Gasteiger charge is 2.19. The van der Waals surface area contributed by atoms with E-state index in [1.165, 1.54) is 25.7 Å². The van der Waals surface area contributed by atoms with Gasteiger partial charge in [-0.1, -0.05) is 162 Å². The minimum atomic E-state index is -0.828. The second-order valence-electron chi connectivity index (χ2n) is 13.2. The van der Waals surface area contributed by atoms with Gasteiger partial charge in [-0.2, -0.15) is 0 Å². The summed E-state index contributed by atoms with van der Waals surface area (Å²) >= 11 is 0. The summed E-state index contributed by atoms with van der Waals surface area (Å²) in [7, 11) is 0. The fourth-order valence-electron chi connectivity index (χ4n) is 4.99. The summed E-state index contributed by atoms with van der Waals surface area (Å²) < 4.78 is 16.5. The minimum absolute atomic E-state index is 0.124. The Morgan fingerprint density at radius 3 is 1.46 bits per heavy atom. The van der Waals surface area contributed by atoms with Gasteiger partial charge in [0, 0.05) is 19.3 Å². The maximum Gasteiger partial charge on any atom is 0.306 e. The molecule has 0 radical (unpaired) electrons. The van der Waals surface area contributed by atoms with Gasteiger partial charge in [-0.05, 0) is 83.5 Å². The van der Waals surface area contributed by atoms with Crippen LogP contribution in [0.3, 0.4) is 0 Å². The second-order valence-corrected chi connectivity index (χ2v) is 13.2. The summed E-state index contributed by atoms with van der Waals surface area (Å²) in [5.41, 5.74) is 0. The van der Waals surface area contributed by atoms with E-state index in [0.717, 1.165) is 77.0 Å². The molecule has 0 N–H and O–H groups in total. The van der Waals surface area contributed by atoms with Gasteiger partial charge < -0.3 is 14.2 Å². The Morgan fingerprint density at radius 1 is 0.407 bits per heavy atom. The fraction of sp³-hybridized carbons (Fsp3) is 0.562. The number of rotatable bonds is 35. The molecule has 0 aromatic carbocycles. The van der Waals surface area contributed by atoms with Crippen molar-refractivity contribution < 1.29 is 28.6 Å². The van der Waals surface area contributed by atoms with Crippen LogP contribution in [0.5, 0.6) is 0 Å². The van der Waals surface area contributed by atoms with Crippen LogP contribution in [0.4, 0.5) is 0 Å². The molecule has 54 heavy (non-hydrogen) atoms. The highest BCUT2D eigenvalue weighted by Crippen LogP contribution is 2.11. The molecule has 0 aliphatic carbocycles. The van der Waals surface area contributed by atoms with Crippen molar-refractivity contribution in [3.8, 4) is 0 Å². The molecule has 0 spiro atoms. The van der Waals surface area contributed by atoms with Crippen LogP contribution in [0.25, 0.3) is 0 Å². The van der Waals surface area contributed by atoms with Crippen molar-refractivity contribution in [1.82, 2.24) is 0 Å². The van der Waals surface area contributed by atoms with Crippen molar-refractivity contribution in [2.45, 2.75) is 162 Å². The second kappa shape index (κ2) is 41.8. The van der Waals surface area contributed by atoms with Crippen LogP contribution in [0.15, 0.2) is 109 Å². The summed E-state index contributed by atoms with van der Waals surface area (Å²) in [6.07, 6.45) is 55.1. The van der Waals surface area contributed by atoms with Crippen molar-refractivity contribution >= 4 is 17.9 Å². The van der Waals surface area contributed by atoms with E-state index in [-0.39, 0.29) is 44.0 Å². The van der Waals surface area contributed by atoms with Crippen LogP contribution in [0, 0.1) is 0 Å².